The van der Waals surface area contributed by atoms with Crippen LogP contribution in [-0.4, -0.2) is 32.1 Å². The summed E-state index contributed by atoms with van der Waals surface area (Å²) in [7, 11) is 4.11. The maximum atomic E-state index is 8.63. The summed E-state index contributed by atoms with van der Waals surface area (Å²) in [5.41, 5.74) is 0. The van der Waals surface area contributed by atoms with Crippen molar-refractivity contribution in [2.75, 3.05) is 27.2 Å². The Bertz CT molecular complexity index is 311. The van der Waals surface area contributed by atoms with Crippen LogP contribution in [0.15, 0.2) is 12.1 Å². The largest absolute Gasteiger partial charge is 0.311 e. The van der Waals surface area contributed by atoms with Gasteiger partial charge >= 0.3 is 0 Å². The Morgan fingerprint density at radius 2 is 2.29 bits per heavy atom. The first-order valence-corrected chi connectivity index (χ1v) is 5.38. The number of thiophene rings is 1. The fourth-order valence-corrected chi connectivity index (χ4v) is 1.82. The van der Waals surface area contributed by atoms with Gasteiger partial charge in [-0.2, -0.15) is 5.26 Å². The molecule has 0 aliphatic rings. The molecule has 0 unspecified atom stereocenters. The zero-order valence-corrected chi connectivity index (χ0v) is 9.40. The smallest absolute Gasteiger partial charge is 0.110 e. The fourth-order valence-electron chi connectivity index (χ4n) is 1.05. The Morgan fingerprint density at radius 1 is 1.50 bits per heavy atom. The van der Waals surface area contributed by atoms with Crippen LogP contribution >= 0.6 is 11.3 Å². The van der Waals surface area contributed by atoms with Gasteiger partial charge in [-0.1, -0.05) is 0 Å². The quantitative estimate of drug-likeness (QED) is 0.742. The summed E-state index contributed by atoms with van der Waals surface area (Å²) < 4.78 is 0. The third-order valence-corrected chi connectivity index (χ3v) is 2.80. The van der Waals surface area contributed by atoms with Crippen LogP contribution in [0.4, 0.5) is 0 Å². The molecule has 1 aromatic heterocycles. The fraction of sp³-hybridized carbons (Fsp3) is 0.500. The van der Waals surface area contributed by atoms with Gasteiger partial charge < -0.3 is 10.2 Å². The molecule has 4 heteroatoms. The minimum absolute atomic E-state index is 0.786. The van der Waals surface area contributed by atoms with Crippen LogP contribution in [0.1, 0.15) is 9.75 Å². The summed E-state index contributed by atoms with van der Waals surface area (Å²) >= 11 is 1.55. The second-order valence-corrected chi connectivity index (χ2v) is 4.53. The molecule has 1 aromatic rings. The van der Waals surface area contributed by atoms with Crippen LogP contribution < -0.4 is 5.32 Å². The van der Waals surface area contributed by atoms with E-state index in [0.717, 1.165) is 24.5 Å². The zero-order valence-electron chi connectivity index (χ0n) is 8.58. The van der Waals surface area contributed by atoms with Gasteiger partial charge in [-0.05, 0) is 26.2 Å². The normalized spacial score (nSPS) is 10.4. The predicted octanol–water partition coefficient (Wildman–Crippen LogP) is 1.27. The molecule has 76 valence electrons. The summed E-state index contributed by atoms with van der Waals surface area (Å²) in [6, 6.07) is 6.01. The second kappa shape index (κ2) is 5.76. The van der Waals surface area contributed by atoms with Crippen molar-refractivity contribution in [3.8, 4) is 6.07 Å². The first-order chi connectivity index (χ1) is 6.72. The molecule has 14 heavy (non-hydrogen) atoms. The molecule has 1 heterocycles. The molecule has 1 rings (SSSR count). The Kier molecular flexibility index (Phi) is 4.60. The molecule has 3 nitrogen and oxygen atoms in total. The highest BCUT2D eigenvalue weighted by molar-refractivity contribution is 7.12. The summed E-state index contributed by atoms with van der Waals surface area (Å²) in [6.45, 7) is 2.88. The van der Waals surface area contributed by atoms with Gasteiger partial charge in [0.05, 0.1) is 0 Å². The molecular formula is C10H15N3S. The lowest BCUT2D eigenvalue weighted by Gasteiger charge is -2.09. The van der Waals surface area contributed by atoms with Gasteiger partial charge in [0.25, 0.3) is 0 Å². The molecule has 0 saturated heterocycles. The van der Waals surface area contributed by atoms with Gasteiger partial charge in [0.15, 0.2) is 0 Å². The average Bonchev–Trinajstić information content (AvgIpc) is 2.60. The van der Waals surface area contributed by atoms with E-state index in [4.69, 9.17) is 5.26 Å². The second-order valence-electron chi connectivity index (χ2n) is 3.36. The minimum atomic E-state index is 0.786. The van der Waals surface area contributed by atoms with Gasteiger partial charge in [-0.15, -0.1) is 11.3 Å². The third-order valence-electron chi connectivity index (χ3n) is 1.81. The van der Waals surface area contributed by atoms with E-state index in [1.165, 1.54) is 4.88 Å². The Labute approximate surface area is 89.0 Å². The Balaban J connectivity index is 2.22. The van der Waals surface area contributed by atoms with Crippen LogP contribution in [0.2, 0.25) is 0 Å². The van der Waals surface area contributed by atoms with Crippen molar-refractivity contribution in [1.29, 1.82) is 5.26 Å². The van der Waals surface area contributed by atoms with Crippen molar-refractivity contribution in [3.05, 3.63) is 21.9 Å². The first kappa shape index (κ1) is 11.2. The molecule has 0 aliphatic heterocycles. The van der Waals surface area contributed by atoms with Gasteiger partial charge in [0.1, 0.15) is 10.9 Å². The van der Waals surface area contributed by atoms with E-state index in [-0.39, 0.29) is 0 Å². The highest BCUT2D eigenvalue weighted by Gasteiger charge is 1.98. The number of hydrogen-bond acceptors (Lipinski definition) is 4. The molecule has 0 spiro atoms. The lowest BCUT2D eigenvalue weighted by molar-refractivity contribution is 0.400. The summed E-state index contributed by atoms with van der Waals surface area (Å²) in [5, 5.41) is 12.0. The molecule has 0 amide bonds. The number of nitriles is 1. The number of hydrogen-bond donors (Lipinski definition) is 1. The zero-order chi connectivity index (χ0) is 10.4. The summed E-state index contributed by atoms with van der Waals surface area (Å²) in [6.07, 6.45) is 0. The highest BCUT2D eigenvalue weighted by Crippen LogP contribution is 2.14. The van der Waals surface area contributed by atoms with E-state index in [0.29, 0.717) is 0 Å². The topological polar surface area (TPSA) is 39.1 Å². The van der Waals surface area contributed by atoms with Crippen LogP contribution in [0.5, 0.6) is 0 Å². The van der Waals surface area contributed by atoms with E-state index in [9.17, 15) is 0 Å². The van der Waals surface area contributed by atoms with Crippen molar-refractivity contribution in [2.45, 2.75) is 6.54 Å². The van der Waals surface area contributed by atoms with E-state index in [1.807, 2.05) is 12.1 Å². The third kappa shape index (κ3) is 3.88. The molecule has 0 atom stereocenters. The van der Waals surface area contributed by atoms with Gasteiger partial charge in [-0.25, -0.2) is 0 Å². The molecule has 0 saturated carbocycles. The standard InChI is InChI=1S/C10H15N3S/c1-13(2)6-5-12-8-10-4-3-9(7-11)14-10/h3-4,12H,5-6,8H2,1-2H3. The molecule has 0 aromatic carbocycles. The lowest BCUT2D eigenvalue weighted by atomic mass is 10.4. The average molecular weight is 209 g/mol. The summed E-state index contributed by atoms with van der Waals surface area (Å²) in [5.74, 6) is 0. The van der Waals surface area contributed by atoms with Crippen molar-refractivity contribution < 1.29 is 0 Å². The molecule has 1 N–H and O–H groups in total. The molecular weight excluding hydrogens is 194 g/mol. The Hall–Kier alpha value is -0.890. The molecule has 0 fully saturated rings. The molecule has 0 bridgehead atoms. The van der Waals surface area contributed by atoms with Crippen LogP contribution in [0, 0.1) is 11.3 Å². The van der Waals surface area contributed by atoms with Crippen LogP contribution in [-0.2, 0) is 6.54 Å². The van der Waals surface area contributed by atoms with Gasteiger partial charge in [0.2, 0.25) is 0 Å². The van der Waals surface area contributed by atoms with Gasteiger partial charge in [-0.3, -0.25) is 0 Å². The Morgan fingerprint density at radius 3 is 2.86 bits per heavy atom. The van der Waals surface area contributed by atoms with E-state index < -0.39 is 0 Å². The molecule has 0 aliphatic carbocycles. The maximum Gasteiger partial charge on any atom is 0.110 e. The van der Waals surface area contributed by atoms with Crippen LogP contribution in [0.25, 0.3) is 0 Å². The number of likely N-dealkylation sites (N-methyl/N-ethyl adjacent to an activating group) is 1. The van der Waals surface area contributed by atoms with E-state index >= 15 is 0 Å². The van der Waals surface area contributed by atoms with Crippen molar-refractivity contribution in [2.24, 2.45) is 0 Å². The summed E-state index contributed by atoms with van der Waals surface area (Å²) in [4.78, 5) is 4.15. The number of nitrogens with one attached hydrogen (secondary N) is 1. The van der Waals surface area contributed by atoms with E-state index in [2.05, 4.69) is 30.4 Å². The lowest BCUT2D eigenvalue weighted by Crippen LogP contribution is -2.25. The van der Waals surface area contributed by atoms with E-state index in [1.54, 1.807) is 11.3 Å². The van der Waals surface area contributed by atoms with Crippen molar-refractivity contribution in [1.82, 2.24) is 10.2 Å². The molecule has 0 radical (unpaired) electrons. The SMILES string of the molecule is CN(C)CCNCc1ccc(C#N)s1. The van der Waals surface area contributed by atoms with Gasteiger partial charge in [0, 0.05) is 24.5 Å². The van der Waals surface area contributed by atoms with Crippen molar-refractivity contribution in [3.63, 3.8) is 0 Å². The predicted molar refractivity (Wildman–Crippen MR) is 59.3 cm³/mol. The van der Waals surface area contributed by atoms with Crippen LogP contribution in [0.3, 0.4) is 0 Å². The monoisotopic (exact) mass is 209 g/mol. The number of nitrogens with zero attached hydrogens (tertiary/aromatic N) is 2. The first-order valence-electron chi connectivity index (χ1n) is 4.56. The number of rotatable bonds is 5. The van der Waals surface area contributed by atoms with Crippen molar-refractivity contribution >= 4 is 11.3 Å². The highest BCUT2D eigenvalue weighted by atomic mass is 32.1. The maximum absolute atomic E-state index is 8.63. The minimum Gasteiger partial charge on any atom is -0.311 e.